The number of nitrogens with zero attached hydrogens (tertiary/aromatic N) is 2. The molecule has 0 heterocycles. The lowest BCUT2D eigenvalue weighted by Gasteiger charge is -2.27. The van der Waals surface area contributed by atoms with Crippen LogP contribution < -0.4 is 4.90 Å². The van der Waals surface area contributed by atoms with Crippen LogP contribution >= 0.6 is 0 Å². The lowest BCUT2D eigenvalue weighted by Crippen LogP contribution is -2.31. The molecule has 0 radical (unpaired) electrons. The Labute approximate surface area is 105 Å². The van der Waals surface area contributed by atoms with Crippen LogP contribution in [-0.2, 0) is 0 Å². The lowest BCUT2D eigenvalue weighted by atomic mass is 10.1. The summed E-state index contributed by atoms with van der Waals surface area (Å²) in [5.74, 6) is -1.09. The summed E-state index contributed by atoms with van der Waals surface area (Å²) in [5, 5.41) is 19.9. The maximum absolute atomic E-state index is 11.0. The molecule has 0 amide bonds. The normalized spacial score (nSPS) is 10.4. The van der Waals surface area contributed by atoms with Crippen molar-refractivity contribution in [2.45, 2.75) is 26.8 Å². The largest absolute Gasteiger partial charge is 0.478 e. The Balaban J connectivity index is 3.39. The van der Waals surface area contributed by atoms with Crippen molar-refractivity contribution in [1.29, 1.82) is 0 Å². The summed E-state index contributed by atoms with van der Waals surface area (Å²) in [6, 6.07) is 3.89. The van der Waals surface area contributed by atoms with Gasteiger partial charge in [0.2, 0.25) is 0 Å². The van der Waals surface area contributed by atoms with E-state index >= 15 is 0 Å². The van der Waals surface area contributed by atoms with Gasteiger partial charge in [0, 0.05) is 18.7 Å². The number of carbonyl (C=O) groups is 1. The second kappa shape index (κ2) is 5.48. The topological polar surface area (TPSA) is 83.7 Å². The Morgan fingerprint density at radius 1 is 1.50 bits per heavy atom. The minimum atomic E-state index is -1.09. The van der Waals surface area contributed by atoms with Crippen molar-refractivity contribution in [2.24, 2.45) is 0 Å². The minimum absolute atomic E-state index is 0.0506. The summed E-state index contributed by atoms with van der Waals surface area (Å²) in [6.45, 7) is 6.25. The zero-order valence-corrected chi connectivity index (χ0v) is 10.6. The highest BCUT2D eigenvalue weighted by atomic mass is 16.6. The van der Waals surface area contributed by atoms with E-state index in [4.69, 9.17) is 5.11 Å². The second-order valence-corrected chi connectivity index (χ2v) is 4.15. The molecule has 0 bridgehead atoms. The molecule has 6 heteroatoms. The van der Waals surface area contributed by atoms with Gasteiger partial charge in [-0.3, -0.25) is 10.1 Å². The van der Waals surface area contributed by atoms with Crippen LogP contribution in [0.4, 0.5) is 11.4 Å². The van der Waals surface area contributed by atoms with Crippen molar-refractivity contribution in [1.82, 2.24) is 0 Å². The van der Waals surface area contributed by atoms with Gasteiger partial charge in [-0.2, -0.15) is 0 Å². The standard InChI is InChI=1S/C12H16N2O4/c1-4-13(8(2)3)11-7-9(12(15)16)5-6-10(11)14(17)18/h5-8H,4H2,1-3H3,(H,15,16). The van der Waals surface area contributed by atoms with Gasteiger partial charge in [-0.15, -0.1) is 0 Å². The zero-order chi connectivity index (χ0) is 13.9. The van der Waals surface area contributed by atoms with Crippen LogP contribution in [-0.4, -0.2) is 28.6 Å². The number of nitro benzene ring substituents is 1. The quantitative estimate of drug-likeness (QED) is 0.643. The van der Waals surface area contributed by atoms with E-state index in [1.165, 1.54) is 18.2 Å². The Morgan fingerprint density at radius 2 is 2.11 bits per heavy atom. The van der Waals surface area contributed by atoms with Crippen LogP contribution in [0.2, 0.25) is 0 Å². The number of anilines is 1. The summed E-state index contributed by atoms with van der Waals surface area (Å²) in [7, 11) is 0. The first-order chi connectivity index (χ1) is 8.38. The molecule has 1 N–H and O–H groups in total. The number of benzene rings is 1. The fourth-order valence-electron chi connectivity index (χ4n) is 1.85. The van der Waals surface area contributed by atoms with E-state index in [1.807, 2.05) is 20.8 Å². The second-order valence-electron chi connectivity index (χ2n) is 4.15. The fourth-order valence-corrected chi connectivity index (χ4v) is 1.85. The van der Waals surface area contributed by atoms with Gasteiger partial charge in [-0.05, 0) is 32.9 Å². The number of carboxylic acids is 1. The number of carboxylic acid groups (broad SMARTS) is 1. The molecule has 6 nitrogen and oxygen atoms in total. The monoisotopic (exact) mass is 252 g/mol. The first kappa shape index (κ1) is 14.0. The number of hydrogen-bond donors (Lipinski definition) is 1. The van der Waals surface area contributed by atoms with E-state index in [9.17, 15) is 14.9 Å². The molecule has 18 heavy (non-hydrogen) atoms. The summed E-state index contributed by atoms with van der Waals surface area (Å²) in [4.78, 5) is 23.2. The van der Waals surface area contributed by atoms with Gasteiger partial charge < -0.3 is 10.0 Å². The summed E-state index contributed by atoms with van der Waals surface area (Å²) >= 11 is 0. The smallest absolute Gasteiger partial charge is 0.335 e. The molecule has 0 aliphatic rings. The summed E-state index contributed by atoms with van der Waals surface area (Å²) in [5.41, 5.74) is 0.322. The van der Waals surface area contributed by atoms with Gasteiger partial charge in [0.15, 0.2) is 0 Å². The third-order valence-corrected chi connectivity index (χ3v) is 2.69. The van der Waals surface area contributed by atoms with Crippen LogP contribution in [0.15, 0.2) is 18.2 Å². The van der Waals surface area contributed by atoms with Crippen molar-refractivity contribution in [3.8, 4) is 0 Å². The molecule has 0 saturated carbocycles. The third-order valence-electron chi connectivity index (χ3n) is 2.69. The van der Waals surface area contributed by atoms with Gasteiger partial charge in [0.05, 0.1) is 10.5 Å². The Bertz CT molecular complexity index is 471. The van der Waals surface area contributed by atoms with Gasteiger partial charge in [-0.25, -0.2) is 4.79 Å². The van der Waals surface area contributed by atoms with Crippen molar-refractivity contribution in [2.75, 3.05) is 11.4 Å². The highest BCUT2D eigenvalue weighted by molar-refractivity contribution is 5.90. The molecule has 1 rings (SSSR count). The fraction of sp³-hybridized carbons (Fsp3) is 0.417. The number of rotatable bonds is 5. The number of hydrogen-bond acceptors (Lipinski definition) is 4. The van der Waals surface area contributed by atoms with E-state index in [-0.39, 0.29) is 17.3 Å². The molecule has 0 aliphatic carbocycles. The average Bonchev–Trinajstić information content (AvgIpc) is 2.28. The number of nitro groups is 1. The van der Waals surface area contributed by atoms with E-state index in [0.29, 0.717) is 12.2 Å². The molecule has 0 saturated heterocycles. The van der Waals surface area contributed by atoms with Gasteiger partial charge >= 0.3 is 5.97 Å². The lowest BCUT2D eigenvalue weighted by molar-refractivity contribution is -0.384. The van der Waals surface area contributed by atoms with E-state index in [2.05, 4.69) is 0 Å². The molecule has 1 aromatic rings. The molecule has 0 aliphatic heterocycles. The molecule has 1 aromatic carbocycles. The van der Waals surface area contributed by atoms with E-state index < -0.39 is 10.9 Å². The van der Waals surface area contributed by atoms with Crippen LogP contribution in [0, 0.1) is 10.1 Å². The predicted octanol–water partition coefficient (Wildman–Crippen LogP) is 2.53. The van der Waals surface area contributed by atoms with E-state index in [0.717, 1.165) is 0 Å². The molecule has 0 unspecified atom stereocenters. The first-order valence-corrected chi connectivity index (χ1v) is 5.66. The molecule has 0 spiro atoms. The summed E-state index contributed by atoms with van der Waals surface area (Å²) < 4.78 is 0. The van der Waals surface area contributed by atoms with Gasteiger partial charge in [0.25, 0.3) is 5.69 Å². The van der Waals surface area contributed by atoms with Crippen LogP contribution in [0.1, 0.15) is 31.1 Å². The first-order valence-electron chi connectivity index (χ1n) is 5.66. The van der Waals surface area contributed by atoms with Crippen LogP contribution in [0.5, 0.6) is 0 Å². The SMILES string of the molecule is CCN(c1cc(C(=O)O)ccc1[N+](=O)[O-])C(C)C. The van der Waals surface area contributed by atoms with Crippen molar-refractivity contribution in [3.63, 3.8) is 0 Å². The van der Waals surface area contributed by atoms with Crippen molar-refractivity contribution < 1.29 is 14.8 Å². The van der Waals surface area contributed by atoms with Crippen molar-refractivity contribution in [3.05, 3.63) is 33.9 Å². The molecular weight excluding hydrogens is 236 g/mol. The van der Waals surface area contributed by atoms with Gasteiger partial charge in [-0.1, -0.05) is 0 Å². The summed E-state index contributed by atoms with van der Waals surface area (Å²) in [6.07, 6.45) is 0. The van der Waals surface area contributed by atoms with Crippen molar-refractivity contribution >= 4 is 17.3 Å². The molecule has 98 valence electrons. The molecule has 0 atom stereocenters. The zero-order valence-electron chi connectivity index (χ0n) is 10.6. The van der Waals surface area contributed by atoms with Crippen LogP contribution in [0.25, 0.3) is 0 Å². The third kappa shape index (κ3) is 2.77. The Morgan fingerprint density at radius 3 is 2.50 bits per heavy atom. The average molecular weight is 252 g/mol. The Kier molecular flexibility index (Phi) is 4.25. The number of aromatic carboxylic acids is 1. The van der Waals surface area contributed by atoms with Gasteiger partial charge in [0.1, 0.15) is 5.69 Å². The highest BCUT2D eigenvalue weighted by Gasteiger charge is 2.22. The Hall–Kier alpha value is -2.11. The molecular formula is C12H16N2O4. The highest BCUT2D eigenvalue weighted by Crippen LogP contribution is 2.30. The molecule has 0 aromatic heterocycles. The van der Waals surface area contributed by atoms with E-state index in [1.54, 1.807) is 4.90 Å². The van der Waals surface area contributed by atoms with Crippen LogP contribution in [0.3, 0.4) is 0 Å². The predicted molar refractivity (Wildman–Crippen MR) is 68.2 cm³/mol. The minimum Gasteiger partial charge on any atom is -0.478 e. The maximum atomic E-state index is 11.0. The molecule has 0 fully saturated rings. The maximum Gasteiger partial charge on any atom is 0.335 e.